The molecule has 1 aliphatic heterocycles. The highest BCUT2D eigenvalue weighted by Crippen LogP contribution is 2.24. The number of methoxy groups -OCH3 is 1. The Morgan fingerprint density at radius 3 is 2.00 bits per heavy atom. The third kappa shape index (κ3) is 2.60. The Kier molecular flexibility index (Phi) is 4.09. The van der Waals surface area contributed by atoms with Crippen molar-refractivity contribution in [2.45, 2.75) is 25.9 Å². The summed E-state index contributed by atoms with van der Waals surface area (Å²) in [6, 6.07) is 9.02. The minimum absolute atomic E-state index is 0.390. The molecule has 1 aromatic carbocycles. The van der Waals surface area contributed by atoms with Crippen LogP contribution in [0.2, 0.25) is 0 Å². The SMILES string of the molecule is COc1ccc(N2CC(C)N(OC)C(C)C2)cc1. The first-order chi connectivity index (χ1) is 8.65. The van der Waals surface area contributed by atoms with Crippen LogP contribution >= 0.6 is 0 Å². The van der Waals surface area contributed by atoms with Gasteiger partial charge in [-0.3, -0.25) is 0 Å². The predicted molar refractivity (Wildman–Crippen MR) is 73.0 cm³/mol. The van der Waals surface area contributed by atoms with Crippen LogP contribution in [0.25, 0.3) is 0 Å². The molecule has 0 aliphatic carbocycles. The third-order valence-corrected chi connectivity index (χ3v) is 3.49. The van der Waals surface area contributed by atoms with Gasteiger partial charge < -0.3 is 14.5 Å². The van der Waals surface area contributed by atoms with Crippen LogP contribution in [0.15, 0.2) is 24.3 Å². The fourth-order valence-electron chi connectivity index (χ4n) is 2.67. The number of benzene rings is 1. The normalized spacial score (nSPS) is 25.2. The van der Waals surface area contributed by atoms with Gasteiger partial charge in [-0.15, -0.1) is 0 Å². The number of ether oxygens (including phenoxy) is 1. The van der Waals surface area contributed by atoms with Gasteiger partial charge in [-0.25, -0.2) is 0 Å². The molecule has 0 spiro atoms. The van der Waals surface area contributed by atoms with E-state index in [9.17, 15) is 0 Å². The maximum Gasteiger partial charge on any atom is 0.119 e. The molecule has 0 saturated carbocycles. The van der Waals surface area contributed by atoms with E-state index in [1.807, 2.05) is 12.1 Å². The minimum Gasteiger partial charge on any atom is -0.497 e. The van der Waals surface area contributed by atoms with Crippen molar-refractivity contribution in [3.63, 3.8) is 0 Å². The second-order valence-corrected chi connectivity index (χ2v) is 4.84. The molecule has 2 unspecified atom stereocenters. The lowest BCUT2D eigenvalue weighted by Gasteiger charge is -2.43. The summed E-state index contributed by atoms with van der Waals surface area (Å²) in [6.45, 7) is 6.33. The van der Waals surface area contributed by atoms with Crippen molar-refractivity contribution in [1.29, 1.82) is 0 Å². The lowest BCUT2D eigenvalue weighted by Crippen LogP contribution is -2.56. The van der Waals surface area contributed by atoms with Crippen molar-refractivity contribution in [2.24, 2.45) is 0 Å². The van der Waals surface area contributed by atoms with Crippen LogP contribution < -0.4 is 9.64 Å². The molecule has 0 bridgehead atoms. The molecule has 0 amide bonds. The molecular formula is C14H22N2O2. The molecule has 4 heteroatoms. The summed E-state index contributed by atoms with van der Waals surface area (Å²) in [5.41, 5.74) is 1.24. The van der Waals surface area contributed by atoms with E-state index >= 15 is 0 Å². The first-order valence-electron chi connectivity index (χ1n) is 6.37. The Bertz CT molecular complexity index is 368. The molecule has 1 heterocycles. The second kappa shape index (κ2) is 5.59. The van der Waals surface area contributed by atoms with E-state index in [1.54, 1.807) is 14.2 Å². The molecule has 4 nitrogen and oxygen atoms in total. The summed E-state index contributed by atoms with van der Waals surface area (Å²) >= 11 is 0. The van der Waals surface area contributed by atoms with Gasteiger partial charge in [-0.1, -0.05) is 0 Å². The molecule has 0 N–H and O–H groups in total. The first-order valence-corrected chi connectivity index (χ1v) is 6.37. The summed E-state index contributed by atoms with van der Waals surface area (Å²) in [6.07, 6.45) is 0. The maximum atomic E-state index is 5.42. The summed E-state index contributed by atoms with van der Waals surface area (Å²) in [5, 5.41) is 2.07. The highest BCUT2D eigenvalue weighted by Gasteiger charge is 2.29. The van der Waals surface area contributed by atoms with Gasteiger partial charge in [0.05, 0.1) is 26.3 Å². The number of hydrogen-bond donors (Lipinski definition) is 0. The van der Waals surface area contributed by atoms with E-state index in [-0.39, 0.29) is 0 Å². The Morgan fingerprint density at radius 1 is 1.00 bits per heavy atom. The number of piperazine rings is 1. The van der Waals surface area contributed by atoms with Crippen molar-refractivity contribution in [1.82, 2.24) is 5.06 Å². The number of anilines is 1. The Hall–Kier alpha value is -1.26. The van der Waals surface area contributed by atoms with Gasteiger partial charge in [0.25, 0.3) is 0 Å². The number of hydrogen-bond acceptors (Lipinski definition) is 4. The molecule has 0 aromatic heterocycles. The van der Waals surface area contributed by atoms with Crippen LogP contribution in [-0.2, 0) is 4.84 Å². The molecule has 2 rings (SSSR count). The van der Waals surface area contributed by atoms with Gasteiger partial charge in [-0.05, 0) is 38.1 Å². The first kappa shape index (κ1) is 13.2. The maximum absolute atomic E-state index is 5.42. The average molecular weight is 250 g/mol. The van der Waals surface area contributed by atoms with Gasteiger partial charge in [0.1, 0.15) is 5.75 Å². The van der Waals surface area contributed by atoms with E-state index in [2.05, 4.69) is 35.9 Å². The van der Waals surface area contributed by atoms with Gasteiger partial charge in [0.15, 0.2) is 0 Å². The quantitative estimate of drug-likeness (QED) is 0.820. The number of nitrogens with zero attached hydrogens (tertiary/aromatic N) is 2. The monoisotopic (exact) mass is 250 g/mol. The Morgan fingerprint density at radius 2 is 1.56 bits per heavy atom. The summed E-state index contributed by atoms with van der Waals surface area (Å²) in [5.74, 6) is 0.898. The predicted octanol–water partition coefficient (Wildman–Crippen LogP) is 2.16. The van der Waals surface area contributed by atoms with Gasteiger partial charge in [-0.2, -0.15) is 5.06 Å². The van der Waals surface area contributed by atoms with Crippen molar-refractivity contribution < 1.29 is 9.57 Å². The zero-order valence-electron chi connectivity index (χ0n) is 11.6. The molecule has 2 atom stereocenters. The lowest BCUT2D eigenvalue weighted by atomic mass is 10.1. The molecule has 1 aliphatic rings. The molecule has 1 aromatic rings. The summed E-state index contributed by atoms with van der Waals surface area (Å²) in [4.78, 5) is 7.82. The highest BCUT2D eigenvalue weighted by atomic mass is 16.7. The van der Waals surface area contributed by atoms with Gasteiger partial charge >= 0.3 is 0 Å². The molecule has 0 radical (unpaired) electrons. The molecule has 1 fully saturated rings. The van der Waals surface area contributed by atoms with Crippen LogP contribution in [0.4, 0.5) is 5.69 Å². The molecule has 100 valence electrons. The standard InChI is InChI=1S/C14H22N2O2/c1-11-9-15(10-12(2)16(11)18-4)13-5-7-14(17-3)8-6-13/h5-8,11-12H,9-10H2,1-4H3. The smallest absolute Gasteiger partial charge is 0.119 e. The van der Waals surface area contributed by atoms with E-state index in [0.717, 1.165) is 18.8 Å². The fourth-order valence-corrected chi connectivity index (χ4v) is 2.67. The second-order valence-electron chi connectivity index (χ2n) is 4.84. The molecule has 1 saturated heterocycles. The van der Waals surface area contributed by atoms with Crippen molar-refractivity contribution in [3.8, 4) is 5.75 Å². The zero-order valence-corrected chi connectivity index (χ0v) is 11.6. The van der Waals surface area contributed by atoms with E-state index in [4.69, 9.17) is 9.57 Å². The Balaban J connectivity index is 2.09. The van der Waals surface area contributed by atoms with E-state index in [1.165, 1.54) is 5.69 Å². The van der Waals surface area contributed by atoms with Gasteiger partial charge in [0, 0.05) is 18.8 Å². The van der Waals surface area contributed by atoms with E-state index in [0.29, 0.717) is 12.1 Å². The summed E-state index contributed by atoms with van der Waals surface area (Å²) < 4.78 is 5.19. The Labute approximate surface area is 109 Å². The summed E-state index contributed by atoms with van der Waals surface area (Å²) in [7, 11) is 3.44. The highest BCUT2D eigenvalue weighted by molar-refractivity contribution is 5.49. The van der Waals surface area contributed by atoms with Crippen LogP contribution in [0.1, 0.15) is 13.8 Å². The average Bonchev–Trinajstić information content (AvgIpc) is 2.38. The van der Waals surface area contributed by atoms with Crippen LogP contribution in [0.3, 0.4) is 0 Å². The third-order valence-electron chi connectivity index (χ3n) is 3.49. The van der Waals surface area contributed by atoms with Crippen LogP contribution in [0, 0.1) is 0 Å². The molecule has 18 heavy (non-hydrogen) atoms. The number of rotatable bonds is 3. The van der Waals surface area contributed by atoms with Crippen LogP contribution in [-0.4, -0.2) is 44.5 Å². The fraction of sp³-hybridized carbons (Fsp3) is 0.571. The minimum atomic E-state index is 0.390. The topological polar surface area (TPSA) is 24.9 Å². The van der Waals surface area contributed by atoms with Crippen molar-refractivity contribution >= 4 is 5.69 Å². The zero-order chi connectivity index (χ0) is 13.1. The van der Waals surface area contributed by atoms with Gasteiger partial charge in [0.2, 0.25) is 0 Å². The molecular weight excluding hydrogens is 228 g/mol. The van der Waals surface area contributed by atoms with Crippen LogP contribution in [0.5, 0.6) is 5.75 Å². The largest absolute Gasteiger partial charge is 0.497 e. The van der Waals surface area contributed by atoms with E-state index < -0.39 is 0 Å². The van der Waals surface area contributed by atoms with Crippen molar-refractivity contribution in [2.75, 3.05) is 32.2 Å². The lowest BCUT2D eigenvalue weighted by molar-refractivity contribution is -0.187. The number of hydroxylamine groups is 2. The van der Waals surface area contributed by atoms with Crippen molar-refractivity contribution in [3.05, 3.63) is 24.3 Å².